The summed E-state index contributed by atoms with van der Waals surface area (Å²) in [6.45, 7) is 3.43. The smallest absolute Gasteiger partial charge is 0.419 e. The zero-order chi connectivity index (χ0) is 24.8. The number of hydrogen-bond donors (Lipinski definition) is 1. The van der Waals surface area contributed by atoms with Crippen molar-refractivity contribution in [2.45, 2.75) is 76.9 Å². The van der Waals surface area contributed by atoms with Crippen molar-refractivity contribution >= 4 is 5.96 Å². The van der Waals surface area contributed by atoms with E-state index in [1.807, 2.05) is 11.8 Å². The second-order valence-electron chi connectivity index (χ2n) is 9.34. The van der Waals surface area contributed by atoms with Crippen molar-refractivity contribution in [1.82, 2.24) is 15.0 Å². The van der Waals surface area contributed by atoms with Gasteiger partial charge in [-0.2, -0.15) is 18.2 Å². The first-order valence-electron chi connectivity index (χ1n) is 12.6. The van der Waals surface area contributed by atoms with Crippen molar-refractivity contribution in [2.24, 2.45) is 16.6 Å². The van der Waals surface area contributed by atoms with E-state index in [1.165, 1.54) is 38.2 Å². The number of aliphatic imine (C=N–C) groups is 1. The van der Waals surface area contributed by atoms with Crippen LogP contribution in [0.4, 0.5) is 13.2 Å². The van der Waals surface area contributed by atoms with E-state index in [-0.39, 0.29) is 29.8 Å². The Morgan fingerprint density at radius 3 is 2.74 bits per heavy atom. The molecule has 0 amide bonds. The van der Waals surface area contributed by atoms with Crippen LogP contribution in [0.1, 0.15) is 82.2 Å². The Hall–Kier alpha value is -2.78. The maximum absolute atomic E-state index is 13.8. The molecule has 0 bridgehead atoms. The van der Waals surface area contributed by atoms with E-state index >= 15 is 0 Å². The highest BCUT2D eigenvalue weighted by Crippen LogP contribution is 2.39. The Morgan fingerprint density at radius 1 is 1.20 bits per heavy atom. The minimum atomic E-state index is -4.56. The summed E-state index contributed by atoms with van der Waals surface area (Å²) in [6.07, 6.45) is 5.04. The minimum Gasteiger partial charge on any atom is -0.493 e. The summed E-state index contributed by atoms with van der Waals surface area (Å²) in [4.78, 5) is 10.5. The number of rotatable bonds is 8. The molecule has 10 heteroatoms. The number of hydrogen-bond acceptors (Lipinski definition) is 5. The molecule has 2 heterocycles. The highest BCUT2D eigenvalue weighted by molar-refractivity contribution is 5.78. The molecule has 1 aliphatic heterocycles. The Kier molecular flexibility index (Phi) is 8.18. The third-order valence-electron chi connectivity index (χ3n) is 6.88. The predicted octanol–water partition coefficient (Wildman–Crippen LogP) is 5.97. The molecule has 1 aliphatic carbocycles. The molecule has 0 spiro atoms. The fraction of sp³-hybridized carbons (Fsp3) is 0.640. The SMILES string of the molecule is CC/N=C(\N)N1CCC[C@H]1c1nc(-c2ccc(OCCCC3CCCCC3)c(C(F)(F)F)c2)no1. The Balaban J connectivity index is 1.46. The van der Waals surface area contributed by atoms with Gasteiger partial charge in [0.05, 0.1) is 12.2 Å². The first-order chi connectivity index (χ1) is 16.9. The summed E-state index contributed by atoms with van der Waals surface area (Å²) in [5.41, 5.74) is 5.45. The molecule has 1 aromatic heterocycles. The average molecular weight is 494 g/mol. The molecule has 2 N–H and O–H groups in total. The molecule has 35 heavy (non-hydrogen) atoms. The van der Waals surface area contributed by atoms with Gasteiger partial charge < -0.3 is 19.9 Å². The summed E-state index contributed by atoms with van der Waals surface area (Å²) in [6, 6.07) is 3.69. The minimum absolute atomic E-state index is 0.104. The number of ether oxygens (including phenoxy) is 1. The highest BCUT2D eigenvalue weighted by Gasteiger charge is 2.36. The van der Waals surface area contributed by atoms with Crippen LogP contribution in [0.5, 0.6) is 5.75 Å². The third-order valence-corrected chi connectivity index (χ3v) is 6.88. The van der Waals surface area contributed by atoms with E-state index in [0.29, 0.717) is 30.9 Å². The van der Waals surface area contributed by atoms with Gasteiger partial charge in [0.25, 0.3) is 0 Å². The maximum Gasteiger partial charge on any atom is 0.419 e. The molecule has 192 valence electrons. The van der Waals surface area contributed by atoms with E-state index in [1.54, 1.807) is 6.07 Å². The van der Waals surface area contributed by atoms with Crippen LogP contribution in [0.2, 0.25) is 0 Å². The monoisotopic (exact) mass is 493 g/mol. The van der Waals surface area contributed by atoms with Crippen molar-refractivity contribution in [2.75, 3.05) is 19.7 Å². The maximum atomic E-state index is 13.8. The standard InChI is InChI=1S/C25H34F3N5O2/c1-2-30-24(29)33-14-6-11-20(33)23-31-22(32-35-23)18-12-13-21(19(16-18)25(26,27)28)34-15-7-10-17-8-4-3-5-9-17/h12-13,16-17,20H,2-11,14-15H2,1H3,(H2,29,30)/t20-/m0/s1. The van der Waals surface area contributed by atoms with E-state index < -0.39 is 11.7 Å². The molecule has 1 saturated carbocycles. The van der Waals surface area contributed by atoms with Crippen LogP contribution in [0, 0.1) is 5.92 Å². The lowest BCUT2D eigenvalue weighted by atomic mass is 9.86. The zero-order valence-electron chi connectivity index (χ0n) is 20.2. The van der Waals surface area contributed by atoms with Gasteiger partial charge in [0.15, 0.2) is 5.96 Å². The fourth-order valence-corrected chi connectivity index (χ4v) is 5.08. The van der Waals surface area contributed by atoms with Crippen LogP contribution in [0.15, 0.2) is 27.7 Å². The lowest BCUT2D eigenvalue weighted by molar-refractivity contribution is -0.138. The number of aromatic nitrogens is 2. The fourth-order valence-electron chi connectivity index (χ4n) is 5.08. The van der Waals surface area contributed by atoms with Crippen molar-refractivity contribution in [3.63, 3.8) is 0 Å². The predicted molar refractivity (Wildman–Crippen MR) is 127 cm³/mol. The quantitative estimate of drug-likeness (QED) is 0.277. The molecule has 2 fully saturated rings. The van der Waals surface area contributed by atoms with Gasteiger partial charge in [-0.15, -0.1) is 0 Å². The van der Waals surface area contributed by atoms with Crippen LogP contribution in [0.3, 0.4) is 0 Å². The number of likely N-dealkylation sites (tertiary alicyclic amines) is 1. The van der Waals surface area contributed by atoms with Gasteiger partial charge in [-0.25, -0.2) is 0 Å². The molecular formula is C25H34F3N5O2. The molecule has 4 rings (SSSR count). The lowest BCUT2D eigenvalue weighted by Crippen LogP contribution is -2.37. The Bertz CT molecular complexity index is 1000. The molecule has 0 unspecified atom stereocenters. The molecule has 2 aliphatic rings. The van der Waals surface area contributed by atoms with Gasteiger partial charge in [0.1, 0.15) is 11.8 Å². The first-order valence-corrected chi connectivity index (χ1v) is 12.6. The second-order valence-corrected chi connectivity index (χ2v) is 9.34. The van der Waals surface area contributed by atoms with Crippen LogP contribution >= 0.6 is 0 Å². The van der Waals surface area contributed by atoms with Gasteiger partial charge in [-0.1, -0.05) is 37.3 Å². The number of benzene rings is 1. The normalized spacial score (nSPS) is 19.9. The summed E-state index contributed by atoms with van der Waals surface area (Å²) in [5.74, 6) is 1.33. The zero-order valence-corrected chi connectivity index (χ0v) is 20.2. The summed E-state index contributed by atoms with van der Waals surface area (Å²) in [7, 11) is 0. The third kappa shape index (κ3) is 6.27. The Morgan fingerprint density at radius 2 is 2.00 bits per heavy atom. The molecule has 1 saturated heterocycles. The van der Waals surface area contributed by atoms with E-state index in [9.17, 15) is 13.2 Å². The topological polar surface area (TPSA) is 89.8 Å². The first kappa shape index (κ1) is 25.3. The van der Waals surface area contributed by atoms with Gasteiger partial charge in [0, 0.05) is 18.7 Å². The highest BCUT2D eigenvalue weighted by atomic mass is 19.4. The average Bonchev–Trinajstić information content (AvgIpc) is 3.52. The Labute approximate surface area is 203 Å². The summed E-state index contributed by atoms with van der Waals surface area (Å²) >= 11 is 0. The van der Waals surface area contributed by atoms with Crippen LogP contribution in [-0.4, -0.2) is 40.7 Å². The summed E-state index contributed by atoms with van der Waals surface area (Å²) < 4.78 is 52.5. The van der Waals surface area contributed by atoms with Gasteiger partial charge >= 0.3 is 6.18 Å². The van der Waals surface area contributed by atoms with Crippen LogP contribution in [0.25, 0.3) is 11.4 Å². The number of nitrogens with zero attached hydrogens (tertiary/aromatic N) is 4. The second kappa shape index (κ2) is 11.3. The number of guanidine groups is 1. The number of halogens is 3. The molecule has 1 atom stereocenters. The van der Waals surface area contributed by atoms with Crippen LogP contribution in [-0.2, 0) is 6.18 Å². The molecule has 7 nitrogen and oxygen atoms in total. The lowest BCUT2D eigenvalue weighted by Gasteiger charge is -2.22. The molecule has 0 radical (unpaired) electrons. The van der Waals surface area contributed by atoms with Crippen molar-refractivity contribution in [3.8, 4) is 17.1 Å². The number of nitrogens with two attached hydrogens (primary N) is 1. The summed E-state index contributed by atoms with van der Waals surface area (Å²) in [5, 5.41) is 3.95. The molecular weight excluding hydrogens is 459 g/mol. The van der Waals surface area contributed by atoms with E-state index in [4.69, 9.17) is 15.0 Å². The van der Waals surface area contributed by atoms with Crippen molar-refractivity contribution in [3.05, 3.63) is 29.7 Å². The largest absolute Gasteiger partial charge is 0.493 e. The number of alkyl halides is 3. The van der Waals surface area contributed by atoms with Crippen LogP contribution < -0.4 is 10.5 Å². The van der Waals surface area contributed by atoms with Gasteiger partial charge in [0.2, 0.25) is 11.7 Å². The van der Waals surface area contributed by atoms with Crippen molar-refractivity contribution in [1.29, 1.82) is 0 Å². The molecule has 1 aromatic carbocycles. The van der Waals surface area contributed by atoms with Crippen molar-refractivity contribution < 1.29 is 22.4 Å². The molecule has 2 aromatic rings. The van der Waals surface area contributed by atoms with E-state index in [2.05, 4.69) is 15.1 Å². The van der Waals surface area contributed by atoms with Gasteiger partial charge in [-0.05, 0) is 56.7 Å². The van der Waals surface area contributed by atoms with Gasteiger partial charge in [-0.3, -0.25) is 4.99 Å². The van der Waals surface area contributed by atoms with E-state index in [0.717, 1.165) is 31.7 Å².